The fraction of sp³-hybridized carbons (Fsp3) is 0.176. The van der Waals surface area contributed by atoms with Crippen molar-refractivity contribution in [2.45, 2.75) is 6.92 Å². The number of carbonyl (C=O) groups is 2. The average molecular weight is 300 g/mol. The highest BCUT2D eigenvalue weighted by Crippen LogP contribution is 2.06. The first kappa shape index (κ1) is 15.7. The van der Waals surface area contributed by atoms with Crippen LogP contribution in [0.25, 0.3) is 0 Å². The number of halogens is 1. The van der Waals surface area contributed by atoms with Gasteiger partial charge in [0.05, 0.1) is 5.56 Å². The Morgan fingerprint density at radius 3 is 1.95 bits per heavy atom. The van der Waals surface area contributed by atoms with E-state index in [0.717, 1.165) is 5.56 Å². The molecule has 0 aliphatic rings. The smallest absolute Gasteiger partial charge is 0.254 e. The van der Waals surface area contributed by atoms with Gasteiger partial charge in [-0.05, 0) is 30.7 Å². The summed E-state index contributed by atoms with van der Waals surface area (Å²) in [6.45, 7) is 2.35. The second-order valence-electron chi connectivity index (χ2n) is 4.81. The van der Waals surface area contributed by atoms with Crippen LogP contribution in [-0.2, 0) is 0 Å². The fourth-order valence-electron chi connectivity index (χ4n) is 2.02. The zero-order valence-corrected chi connectivity index (χ0v) is 12.2. The summed E-state index contributed by atoms with van der Waals surface area (Å²) in [5, 5.41) is 5.28. The van der Waals surface area contributed by atoms with Crippen molar-refractivity contribution in [3.63, 3.8) is 0 Å². The van der Waals surface area contributed by atoms with E-state index in [0.29, 0.717) is 5.56 Å². The van der Waals surface area contributed by atoms with Crippen LogP contribution in [0.2, 0.25) is 0 Å². The Labute approximate surface area is 128 Å². The highest BCUT2D eigenvalue weighted by atomic mass is 19.1. The van der Waals surface area contributed by atoms with E-state index in [-0.39, 0.29) is 24.6 Å². The van der Waals surface area contributed by atoms with Crippen LogP contribution in [0.15, 0.2) is 48.5 Å². The molecule has 2 rings (SSSR count). The van der Waals surface area contributed by atoms with Gasteiger partial charge in [-0.2, -0.15) is 0 Å². The molecule has 0 bridgehead atoms. The average Bonchev–Trinajstić information content (AvgIpc) is 2.52. The Hall–Kier alpha value is -2.69. The van der Waals surface area contributed by atoms with Crippen LogP contribution in [0.4, 0.5) is 4.39 Å². The second-order valence-corrected chi connectivity index (χ2v) is 4.81. The first-order chi connectivity index (χ1) is 10.6. The summed E-state index contributed by atoms with van der Waals surface area (Å²) in [5.74, 6) is -1.26. The summed E-state index contributed by atoms with van der Waals surface area (Å²) in [5.41, 5.74) is 1.48. The fourth-order valence-corrected chi connectivity index (χ4v) is 2.02. The summed E-state index contributed by atoms with van der Waals surface area (Å²) in [4.78, 5) is 23.7. The van der Waals surface area contributed by atoms with Crippen molar-refractivity contribution in [2.24, 2.45) is 0 Å². The van der Waals surface area contributed by atoms with E-state index in [1.54, 1.807) is 18.2 Å². The molecular weight excluding hydrogens is 283 g/mol. The molecule has 2 aromatic carbocycles. The number of aryl methyl sites for hydroxylation is 1. The van der Waals surface area contributed by atoms with E-state index in [1.165, 1.54) is 18.2 Å². The van der Waals surface area contributed by atoms with E-state index in [2.05, 4.69) is 10.6 Å². The van der Waals surface area contributed by atoms with Gasteiger partial charge in [-0.1, -0.05) is 30.3 Å². The van der Waals surface area contributed by atoms with E-state index in [1.807, 2.05) is 19.1 Å². The molecule has 0 spiro atoms. The van der Waals surface area contributed by atoms with Gasteiger partial charge in [0.2, 0.25) is 0 Å². The van der Waals surface area contributed by atoms with Crippen LogP contribution in [0, 0.1) is 12.7 Å². The quantitative estimate of drug-likeness (QED) is 0.832. The molecule has 0 saturated heterocycles. The van der Waals surface area contributed by atoms with E-state index in [9.17, 15) is 14.0 Å². The van der Waals surface area contributed by atoms with Gasteiger partial charge in [-0.3, -0.25) is 9.59 Å². The largest absolute Gasteiger partial charge is 0.350 e. The molecule has 114 valence electrons. The molecule has 2 N–H and O–H groups in total. The molecule has 0 unspecified atom stereocenters. The highest BCUT2D eigenvalue weighted by Gasteiger charge is 2.10. The van der Waals surface area contributed by atoms with Gasteiger partial charge in [0.25, 0.3) is 11.8 Å². The van der Waals surface area contributed by atoms with Crippen molar-refractivity contribution in [2.75, 3.05) is 13.1 Å². The first-order valence-corrected chi connectivity index (χ1v) is 6.96. The third-order valence-corrected chi connectivity index (χ3v) is 3.20. The molecule has 0 saturated carbocycles. The second kappa shape index (κ2) is 7.36. The first-order valence-electron chi connectivity index (χ1n) is 6.96. The summed E-state index contributed by atoms with van der Waals surface area (Å²) in [6.07, 6.45) is 0. The van der Waals surface area contributed by atoms with E-state index < -0.39 is 11.7 Å². The molecule has 0 aliphatic carbocycles. The maximum absolute atomic E-state index is 13.4. The molecule has 0 aliphatic heterocycles. The van der Waals surface area contributed by atoms with Crippen LogP contribution in [0.1, 0.15) is 26.3 Å². The molecule has 4 nitrogen and oxygen atoms in total. The van der Waals surface area contributed by atoms with Crippen molar-refractivity contribution < 1.29 is 14.0 Å². The summed E-state index contributed by atoms with van der Waals surface area (Å²) >= 11 is 0. The van der Waals surface area contributed by atoms with Gasteiger partial charge in [0.15, 0.2) is 0 Å². The normalized spacial score (nSPS) is 10.1. The van der Waals surface area contributed by atoms with Gasteiger partial charge < -0.3 is 10.6 Å². The Balaban J connectivity index is 1.80. The van der Waals surface area contributed by atoms with E-state index >= 15 is 0 Å². The van der Waals surface area contributed by atoms with Crippen LogP contribution in [0.3, 0.4) is 0 Å². The Kier molecular flexibility index (Phi) is 5.25. The number of nitrogens with one attached hydrogen (secondary N) is 2. The Bertz CT molecular complexity index is 626. The minimum absolute atomic E-state index is 0.00673. The maximum atomic E-state index is 13.4. The lowest BCUT2D eigenvalue weighted by Crippen LogP contribution is -2.35. The van der Waals surface area contributed by atoms with Gasteiger partial charge >= 0.3 is 0 Å². The molecular formula is C17H17FN2O2. The molecule has 0 aromatic heterocycles. The third-order valence-electron chi connectivity index (χ3n) is 3.20. The van der Waals surface area contributed by atoms with Crippen LogP contribution in [-0.4, -0.2) is 24.9 Å². The predicted molar refractivity (Wildman–Crippen MR) is 82.2 cm³/mol. The summed E-state index contributed by atoms with van der Waals surface area (Å²) in [7, 11) is 0. The molecule has 0 radical (unpaired) electrons. The lowest BCUT2D eigenvalue weighted by molar-refractivity contribution is 0.0925. The Morgan fingerprint density at radius 1 is 0.864 bits per heavy atom. The van der Waals surface area contributed by atoms with Crippen molar-refractivity contribution in [1.82, 2.24) is 10.6 Å². The zero-order valence-electron chi connectivity index (χ0n) is 12.2. The molecule has 0 heterocycles. The van der Waals surface area contributed by atoms with Crippen molar-refractivity contribution in [3.8, 4) is 0 Å². The molecule has 0 atom stereocenters. The van der Waals surface area contributed by atoms with Gasteiger partial charge in [-0.25, -0.2) is 4.39 Å². The van der Waals surface area contributed by atoms with Crippen LogP contribution < -0.4 is 10.6 Å². The number of hydrogen-bond donors (Lipinski definition) is 2. The Morgan fingerprint density at radius 2 is 1.36 bits per heavy atom. The number of hydrogen-bond acceptors (Lipinski definition) is 2. The van der Waals surface area contributed by atoms with Crippen molar-refractivity contribution >= 4 is 11.8 Å². The lowest BCUT2D eigenvalue weighted by Gasteiger charge is -2.09. The third kappa shape index (κ3) is 3.91. The molecule has 5 heteroatoms. The summed E-state index contributed by atoms with van der Waals surface area (Å²) in [6, 6.07) is 13.0. The molecule has 0 fully saturated rings. The van der Waals surface area contributed by atoms with Crippen molar-refractivity contribution in [1.29, 1.82) is 0 Å². The van der Waals surface area contributed by atoms with Gasteiger partial charge in [0, 0.05) is 18.7 Å². The predicted octanol–water partition coefficient (Wildman–Crippen LogP) is 2.29. The molecule has 22 heavy (non-hydrogen) atoms. The standard InChI is InChI=1S/C17H17FN2O2/c1-12-6-2-3-7-13(12)16(21)19-10-11-20-17(22)14-8-4-5-9-15(14)18/h2-9H,10-11H2,1H3,(H,19,21)(H,20,22). The van der Waals surface area contributed by atoms with Crippen molar-refractivity contribution in [3.05, 3.63) is 71.0 Å². The number of rotatable bonds is 5. The maximum Gasteiger partial charge on any atom is 0.254 e. The lowest BCUT2D eigenvalue weighted by atomic mass is 10.1. The van der Waals surface area contributed by atoms with E-state index in [4.69, 9.17) is 0 Å². The van der Waals surface area contributed by atoms with Gasteiger partial charge in [0.1, 0.15) is 5.82 Å². The number of carbonyl (C=O) groups excluding carboxylic acids is 2. The highest BCUT2D eigenvalue weighted by molar-refractivity contribution is 5.96. The minimum atomic E-state index is -0.566. The minimum Gasteiger partial charge on any atom is -0.350 e. The molecule has 2 amide bonds. The van der Waals surface area contributed by atoms with Crippen LogP contribution in [0.5, 0.6) is 0 Å². The van der Waals surface area contributed by atoms with Crippen LogP contribution >= 0.6 is 0 Å². The topological polar surface area (TPSA) is 58.2 Å². The monoisotopic (exact) mass is 300 g/mol. The van der Waals surface area contributed by atoms with Gasteiger partial charge in [-0.15, -0.1) is 0 Å². The summed E-state index contributed by atoms with van der Waals surface area (Å²) < 4.78 is 13.4. The SMILES string of the molecule is Cc1ccccc1C(=O)NCCNC(=O)c1ccccc1F. The molecule has 2 aromatic rings. The number of amides is 2. The zero-order chi connectivity index (χ0) is 15.9. The number of benzene rings is 2.